The van der Waals surface area contributed by atoms with Crippen molar-refractivity contribution in [2.45, 2.75) is 6.61 Å². The molecule has 0 saturated heterocycles. The molecular formula is C24H21NO4. The summed E-state index contributed by atoms with van der Waals surface area (Å²) >= 11 is 0. The van der Waals surface area contributed by atoms with Gasteiger partial charge in [-0.05, 0) is 41.5 Å². The molecule has 5 heteroatoms. The Balaban J connectivity index is 1.64. The summed E-state index contributed by atoms with van der Waals surface area (Å²) in [6, 6.07) is 23.5. The zero-order chi connectivity index (χ0) is 20.1. The number of ether oxygens (including phenoxy) is 3. The molecule has 146 valence electrons. The van der Waals surface area contributed by atoms with Gasteiger partial charge in [0.2, 0.25) is 0 Å². The highest BCUT2D eigenvalue weighted by molar-refractivity contribution is 5.80. The topological polar surface area (TPSA) is 53.7 Å². The van der Waals surface area contributed by atoms with Crippen molar-refractivity contribution in [3.05, 3.63) is 84.6 Å². The number of benzene rings is 3. The highest BCUT2D eigenvalue weighted by Gasteiger charge is 2.16. The number of aromatic nitrogens is 1. The molecule has 0 spiro atoms. The molecule has 1 aromatic heterocycles. The van der Waals surface area contributed by atoms with Gasteiger partial charge in [0.1, 0.15) is 12.4 Å². The monoisotopic (exact) mass is 387 g/mol. The van der Waals surface area contributed by atoms with Gasteiger partial charge in [-0.3, -0.25) is 0 Å². The van der Waals surface area contributed by atoms with Crippen molar-refractivity contribution in [3.8, 4) is 39.7 Å². The first-order valence-electron chi connectivity index (χ1n) is 9.22. The molecule has 0 aliphatic rings. The van der Waals surface area contributed by atoms with Gasteiger partial charge in [-0.1, -0.05) is 47.6 Å². The Morgan fingerprint density at radius 1 is 0.793 bits per heavy atom. The van der Waals surface area contributed by atoms with Gasteiger partial charge in [0, 0.05) is 11.1 Å². The SMILES string of the molecule is COc1ccc(-c2cnoc2-c2ccc(OC)c(OCc3ccccc3)c2)cc1. The van der Waals surface area contributed by atoms with Crippen LogP contribution in [0.2, 0.25) is 0 Å². The minimum Gasteiger partial charge on any atom is -0.497 e. The minimum absolute atomic E-state index is 0.447. The molecule has 3 aromatic carbocycles. The van der Waals surface area contributed by atoms with Gasteiger partial charge in [0.15, 0.2) is 17.3 Å². The van der Waals surface area contributed by atoms with Crippen LogP contribution in [0, 0.1) is 0 Å². The van der Waals surface area contributed by atoms with Crippen LogP contribution in [-0.4, -0.2) is 19.4 Å². The molecule has 4 aromatic rings. The largest absolute Gasteiger partial charge is 0.497 e. The molecule has 0 unspecified atom stereocenters. The quantitative estimate of drug-likeness (QED) is 0.413. The number of methoxy groups -OCH3 is 2. The zero-order valence-electron chi connectivity index (χ0n) is 16.3. The second-order valence-electron chi connectivity index (χ2n) is 6.44. The predicted octanol–water partition coefficient (Wildman–Crippen LogP) is 5.60. The lowest BCUT2D eigenvalue weighted by Gasteiger charge is -2.12. The molecule has 0 fully saturated rings. The van der Waals surface area contributed by atoms with Gasteiger partial charge in [0.05, 0.1) is 20.4 Å². The minimum atomic E-state index is 0.447. The second-order valence-corrected chi connectivity index (χ2v) is 6.44. The summed E-state index contributed by atoms with van der Waals surface area (Å²) in [6.07, 6.45) is 1.71. The van der Waals surface area contributed by atoms with E-state index in [1.807, 2.05) is 72.8 Å². The molecule has 0 radical (unpaired) electrons. The van der Waals surface area contributed by atoms with Crippen LogP contribution in [0.1, 0.15) is 5.56 Å². The van der Waals surface area contributed by atoms with E-state index in [1.165, 1.54) is 0 Å². The normalized spacial score (nSPS) is 10.6. The van der Waals surface area contributed by atoms with Gasteiger partial charge in [-0.15, -0.1) is 0 Å². The molecule has 29 heavy (non-hydrogen) atoms. The summed E-state index contributed by atoms with van der Waals surface area (Å²) in [6.45, 7) is 0.447. The van der Waals surface area contributed by atoms with Crippen molar-refractivity contribution >= 4 is 0 Å². The van der Waals surface area contributed by atoms with Crippen LogP contribution in [0.5, 0.6) is 17.2 Å². The van der Waals surface area contributed by atoms with Crippen LogP contribution >= 0.6 is 0 Å². The average molecular weight is 387 g/mol. The van der Waals surface area contributed by atoms with Gasteiger partial charge in [-0.25, -0.2) is 0 Å². The van der Waals surface area contributed by atoms with E-state index in [9.17, 15) is 0 Å². The lowest BCUT2D eigenvalue weighted by Crippen LogP contribution is -1.98. The summed E-state index contributed by atoms with van der Waals surface area (Å²) in [4.78, 5) is 0. The maximum atomic E-state index is 6.03. The molecule has 0 amide bonds. The third kappa shape index (κ3) is 4.09. The van der Waals surface area contributed by atoms with Gasteiger partial charge in [-0.2, -0.15) is 0 Å². The number of nitrogens with zero attached hydrogens (tertiary/aromatic N) is 1. The maximum Gasteiger partial charge on any atom is 0.174 e. The Hall–Kier alpha value is -3.73. The maximum absolute atomic E-state index is 6.03. The standard InChI is InChI=1S/C24H21NO4/c1-26-20-11-8-18(9-12-20)21-15-25-29-24(21)19-10-13-22(27-2)23(14-19)28-16-17-6-4-3-5-7-17/h3-15H,16H2,1-2H3. The van der Waals surface area contributed by atoms with E-state index >= 15 is 0 Å². The number of hydrogen-bond donors (Lipinski definition) is 0. The fourth-order valence-electron chi connectivity index (χ4n) is 3.09. The zero-order valence-corrected chi connectivity index (χ0v) is 16.3. The summed E-state index contributed by atoms with van der Waals surface area (Å²) in [5, 5.41) is 4.00. The lowest BCUT2D eigenvalue weighted by molar-refractivity contribution is 0.284. The number of rotatable bonds is 7. The van der Waals surface area contributed by atoms with Crippen LogP contribution in [0.3, 0.4) is 0 Å². The Bertz CT molecular complexity index is 1070. The predicted molar refractivity (Wildman–Crippen MR) is 111 cm³/mol. The molecule has 4 rings (SSSR count). The second kappa shape index (κ2) is 8.52. The van der Waals surface area contributed by atoms with E-state index in [4.69, 9.17) is 18.7 Å². The Labute approximate surface area is 169 Å². The molecular weight excluding hydrogens is 366 g/mol. The summed E-state index contributed by atoms with van der Waals surface area (Å²) in [7, 11) is 3.27. The summed E-state index contributed by atoms with van der Waals surface area (Å²) < 4.78 is 22.3. The third-order valence-corrected chi connectivity index (χ3v) is 4.63. The Morgan fingerprint density at radius 2 is 1.55 bits per heavy atom. The van der Waals surface area contributed by atoms with E-state index in [2.05, 4.69) is 5.16 Å². The molecule has 0 saturated carbocycles. The molecule has 1 heterocycles. The lowest BCUT2D eigenvalue weighted by atomic mass is 10.0. The molecule has 0 bridgehead atoms. The van der Waals surface area contributed by atoms with E-state index < -0.39 is 0 Å². The van der Waals surface area contributed by atoms with E-state index in [0.717, 1.165) is 28.0 Å². The van der Waals surface area contributed by atoms with Crippen molar-refractivity contribution in [1.29, 1.82) is 0 Å². The van der Waals surface area contributed by atoms with Crippen LogP contribution < -0.4 is 14.2 Å². The molecule has 0 aliphatic heterocycles. The van der Waals surface area contributed by atoms with E-state index in [-0.39, 0.29) is 0 Å². The van der Waals surface area contributed by atoms with E-state index in [0.29, 0.717) is 23.9 Å². The van der Waals surface area contributed by atoms with Crippen molar-refractivity contribution in [2.75, 3.05) is 14.2 Å². The Morgan fingerprint density at radius 3 is 2.28 bits per heavy atom. The molecule has 0 aliphatic carbocycles. The smallest absolute Gasteiger partial charge is 0.174 e. The number of hydrogen-bond acceptors (Lipinski definition) is 5. The van der Waals surface area contributed by atoms with Crippen molar-refractivity contribution < 1.29 is 18.7 Å². The van der Waals surface area contributed by atoms with Crippen molar-refractivity contribution in [1.82, 2.24) is 5.16 Å². The molecule has 0 atom stereocenters. The highest BCUT2D eigenvalue weighted by Crippen LogP contribution is 2.37. The first kappa shape index (κ1) is 18.6. The highest BCUT2D eigenvalue weighted by atomic mass is 16.5. The van der Waals surface area contributed by atoms with Crippen LogP contribution in [0.25, 0.3) is 22.5 Å². The summed E-state index contributed by atoms with van der Waals surface area (Å²) in [5.41, 5.74) is 3.83. The van der Waals surface area contributed by atoms with Crippen molar-refractivity contribution in [2.24, 2.45) is 0 Å². The third-order valence-electron chi connectivity index (χ3n) is 4.63. The fourth-order valence-corrected chi connectivity index (χ4v) is 3.09. The van der Waals surface area contributed by atoms with Crippen molar-refractivity contribution in [3.63, 3.8) is 0 Å². The average Bonchev–Trinajstić information content (AvgIpc) is 3.28. The molecule has 0 N–H and O–H groups in total. The molecule has 5 nitrogen and oxygen atoms in total. The van der Waals surface area contributed by atoms with Gasteiger partial charge >= 0.3 is 0 Å². The first-order valence-corrected chi connectivity index (χ1v) is 9.22. The first-order chi connectivity index (χ1) is 14.3. The fraction of sp³-hybridized carbons (Fsp3) is 0.125. The van der Waals surface area contributed by atoms with Gasteiger partial charge < -0.3 is 18.7 Å². The van der Waals surface area contributed by atoms with Crippen LogP contribution in [-0.2, 0) is 6.61 Å². The Kier molecular flexibility index (Phi) is 5.47. The van der Waals surface area contributed by atoms with Crippen LogP contribution in [0.15, 0.2) is 83.5 Å². The summed E-state index contributed by atoms with van der Waals surface area (Å²) in [5.74, 6) is 2.77. The van der Waals surface area contributed by atoms with E-state index in [1.54, 1.807) is 20.4 Å². The van der Waals surface area contributed by atoms with Crippen LogP contribution in [0.4, 0.5) is 0 Å². The van der Waals surface area contributed by atoms with Gasteiger partial charge in [0.25, 0.3) is 0 Å².